The molecule has 0 aromatic heterocycles. The highest BCUT2D eigenvalue weighted by atomic mass is 16.4. The van der Waals surface area contributed by atoms with Crippen LogP contribution in [0, 0.1) is 0 Å². The number of hydrogen-bond acceptors (Lipinski definition) is 9. The number of amides is 4. The second-order valence-electron chi connectivity index (χ2n) is 7.97. The molecule has 0 aliphatic heterocycles. The van der Waals surface area contributed by atoms with Crippen LogP contribution in [0.3, 0.4) is 0 Å². The van der Waals surface area contributed by atoms with Crippen molar-refractivity contribution in [2.45, 2.75) is 75.5 Å². The minimum absolute atomic E-state index is 0.0318. The van der Waals surface area contributed by atoms with Crippen LogP contribution < -0.4 is 38.9 Å². The lowest BCUT2D eigenvalue weighted by Gasteiger charge is -2.24. The van der Waals surface area contributed by atoms with Gasteiger partial charge in [-0.3, -0.25) is 24.0 Å². The van der Waals surface area contributed by atoms with Gasteiger partial charge in [0.2, 0.25) is 23.6 Å². The first-order valence-electron chi connectivity index (χ1n) is 11.2. The maximum absolute atomic E-state index is 12.8. The second kappa shape index (κ2) is 17.2. The summed E-state index contributed by atoms with van der Waals surface area (Å²) in [6, 6.07) is -5.48. The van der Waals surface area contributed by atoms with E-state index in [-0.39, 0.29) is 12.8 Å². The fraction of sp³-hybridized carbons (Fsp3) is 0.700. The van der Waals surface area contributed by atoms with Gasteiger partial charge in [-0.15, -0.1) is 0 Å². The molecule has 13 N–H and O–H groups in total. The fourth-order valence-electron chi connectivity index (χ4n) is 3.01. The summed E-state index contributed by atoms with van der Waals surface area (Å²) in [5.74, 6) is -6.52. The van der Waals surface area contributed by atoms with Gasteiger partial charge in [0.05, 0.1) is 18.9 Å². The average molecular weight is 504 g/mol. The van der Waals surface area contributed by atoms with Crippen molar-refractivity contribution in [1.82, 2.24) is 16.0 Å². The lowest BCUT2D eigenvalue weighted by molar-refractivity contribution is -0.144. The summed E-state index contributed by atoms with van der Waals surface area (Å²) >= 11 is 0. The van der Waals surface area contributed by atoms with Gasteiger partial charge in [0.1, 0.15) is 18.1 Å². The first-order chi connectivity index (χ1) is 16.4. The highest BCUT2D eigenvalue weighted by Gasteiger charge is 2.31. The Morgan fingerprint density at radius 3 is 1.63 bits per heavy atom. The number of nitrogens with two attached hydrogens (primary N) is 4. The Labute approximate surface area is 202 Å². The number of carboxylic acids is 2. The van der Waals surface area contributed by atoms with Crippen molar-refractivity contribution in [3.63, 3.8) is 0 Å². The number of carbonyl (C=O) groups is 6. The summed E-state index contributed by atoms with van der Waals surface area (Å²) in [5, 5.41) is 25.1. The molecule has 200 valence electrons. The Hall–Kier alpha value is -3.30. The third kappa shape index (κ3) is 13.9. The quantitative estimate of drug-likeness (QED) is 0.0778. The number of carboxylic acid groups (broad SMARTS) is 2. The average Bonchev–Trinajstić information content (AvgIpc) is 2.76. The van der Waals surface area contributed by atoms with Gasteiger partial charge in [-0.25, -0.2) is 4.79 Å². The minimum Gasteiger partial charge on any atom is -0.481 e. The van der Waals surface area contributed by atoms with E-state index in [4.69, 9.17) is 28.0 Å². The van der Waals surface area contributed by atoms with Crippen molar-refractivity contribution in [2.24, 2.45) is 22.9 Å². The van der Waals surface area contributed by atoms with Crippen LogP contribution in [0.4, 0.5) is 0 Å². The minimum atomic E-state index is -1.63. The molecule has 0 spiro atoms. The summed E-state index contributed by atoms with van der Waals surface area (Å²) in [4.78, 5) is 71.5. The van der Waals surface area contributed by atoms with E-state index in [2.05, 4.69) is 16.0 Å². The molecule has 0 rings (SSSR count). The summed E-state index contributed by atoms with van der Waals surface area (Å²) in [6.45, 7) is 0.704. The molecular formula is C20H37N7O8. The Morgan fingerprint density at radius 1 is 0.657 bits per heavy atom. The van der Waals surface area contributed by atoms with E-state index in [0.717, 1.165) is 0 Å². The zero-order valence-corrected chi connectivity index (χ0v) is 19.5. The molecule has 4 amide bonds. The van der Waals surface area contributed by atoms with Gasteiger partial charge >= 0.3 is 11.9 Å². The van der Waals surface area contributed by atoms with Crippen molar-refractivity contribution >= 4 is 35.6 Å². The first-order valence-corrected chi connectivity index (χ1v) is 11.2. The number of rotatable bonds is 19. The summed E-state index contributed by atoms with van der Waals surface area (Å²) in [7, 11) is 0. The maximum atomic E-state index is 12.8. The van der Waals surface area contributed by atoms with Gasteiger partial charge in [-0.05, 0) is 45.2 Å². The van der Waals surface area contributed by atoms with E-state index in [0.29, 0.717) is 38.8 Å². The van der Waals surface area contributed by atoms with Crippen molar-refractivity contribution in [3.05, 3.63) is 0 Å². The van der Waals surface area contributed by atoms with Crippen LogP contribution in [0.25, 0.3) is 0 Å². The molecule has 0 aromatic carbocycles. The Balaban J connectivity index is 5.48. The standard InChI is InChI=1S/C20H37N7O8/c21-7-3-1-5-11(23)17(31)26-13(10-16(29)30)19(33)25-12(6-2-4-8-22)18(32)27-14(20(34)35)9-15(24)28/h11-14H,1-10,21-23H2,(H2,24,28)(H,25,33)(H,26,31)(H,27,32)(H,29,30)(H,34,35). The molecule has 35 heavy (non-hydrogen) atoms. The monoisotopic (exact) mass is 503 g/mol. The third-order valence-corrected chi connectivity index (χ3v) is 4.92. The van der Waals surface area contributed by atoms with Gasteiger partial charge < -0.3 is 49.1 Å². The maximum Gasteiger partial charge on any atom is 0.326 e. The van der Waals surface area contributed by atoms with E-state index in [1.54, 1.807) is 0 Å². The number of nitrogens with one attached hydrogen (secondary N) is 3. The molecule has 0 radical (unpaired) electrons. The molecule has 0 aliphatic carbocycles. The molecule has 15 nitrogen and oxygen atoms in total. The molecule has 0 heterocycles. The molecule has 4 unspecified atom stereocenters. The SMILES string of the molecule is NCCCCC(N)C(=O)NC(CC(=O)O)C(=O)NC(CCCCN)C(=O)NC(CC(N)=O)C(=O)O. The van der Waals surface area contributed by atoms with E-state index < -0.39 is 72.6 Å². The zero-order valence-electron chi connectivity index (χ0n) is 19.5. The van der Waals surface area contributed by atoms with E-state index in [9.17, 15) is 33.9 Å². The number of hydrogen-bond donors (Lipinski definition) is 9. The Morgan fingerprint density at radius 2 is 1.14 bits per heavy atom. The second-order valence-corrected chi connectivity index (χ2v) is 7.97. The van der Waals surface area contributed by atoms with Crippen LogP contribution in [-0.4, -0.2) is 83.0 Å². The number of primary amides is 1. The fourth-order valence-corrected chi connectivity index (χ4v) is 3.01. The number of carbonyl (C=O) groups excluding carboxylic acids is 4. The van der Waals surface area contributed by atoms with Gasteiger partial charge in [0.15, 0.2) is 0 Å². The van der Waals surface area contributed by atoms with Crippen LogP contribution in [-0.2, 0) is 28.8 Å². The van der Waals surface area contributed by atoms with Gasteiger partial charge in [0.25, 0.3) is 0 Å². The van der Waals surface area contributed by atoms with Gasteiger partial charge in [-0.2, -0.15) is 0 Å². The van der Waals surface area contributed by atoms with Gasteiger partial charge in [-0.1, -0.05) is 6.42 Å². The van der Waals surface area contributed by atoms with Crippen LogP contribution in [0.2, 0.25) is 0 Å². The van der Waals surface area contributed by atoms with Crippen LogP contribution in [0.1, 0.15) is 51.4 Å². The molecule has 0 aromatic rings. The largest absolute Gasteiger partial charge is 0.481 e. The summed E-state index contributed by atoms with van der Waals surface area (Å²) in [6.07, 6.45) is 0.872. The van der Waals surface area contributed by atoms with E-state index >= 15 is 0 Å². The molecule has 15 heteroatoms. The number of aliphatic carboxylic acids is 2. The van der Waals surface area contributed by atoms with E-state index in [1.165, 1.54) is 0 Å². The molecule has 0 bridgehead atoms. The predicted octanol–water partition coefficient (Wildman–Crippen LogP) is -3.54. The van der Waals surface area contributed by atoms with Crippen LogP contribution in [0.15, 0.2) is 0 Å². The van der Waals surface area contributed by atoms with Crippen LogP contribution in [0.5, 0.6) is 0 Å². The first kappa shape index (κ1) is 31.7. The normalized spacial score (nSPS) is 14.1. The van der Waals surface area contributed by atoms with Crippen LogP contribution >= 0.6 is 0 Å². The highest BCUT2D eigenvalue weighted by molar-refractivity contribution is 5.96. The molecule has 0 saturated carbocycles. The topological polar surface area (TPSA) is 283 Å². The summed E-state index contributed by atoms with van der Waals surface area (Å²) in [5.41, 5.74) is 21.6. The Bertz CT molecular complexity index is 749. The molecule has 0 fully saturated rings. The number of unbranched alkanes of at least 4 members (excludes halogenated alkanes) is 2. The third-order valence-electron chi connectivity index (χ3n) is 4.92. The molecule has 0 aliphatic rings. The summed E-state index contributed by atoms with van der Waals surface area (Å²) < 4.78 is 0. The molecule has 0 saturated heterocycles. The molecule has 4 atom stereocenters. The molecular weight excluding hydrogens is 466 g/mol. The van der Waals surface area contributed by atoms with E-state index in [1.807, 2.05) is 0 Å². The smallest absolute Gasteiger partial charge is 0.326 e. The Kier molecular flexibility index (Phi) is 15.6. The van der Waals surface area contributed by atoms with Gasteiger partial charge in [0, 0.05) is 0 Å². The van der Waals surface area contributed by atoms with Crippen molar-refractivity contribution in [1.29, 1.82) is 0 Å². The highest BCUT2D eigenvalue weighted by Crippen LogP contribution is 2.06. The van der Waals surface area contributed by atoms with Crippen molar-refractivity contribution in [2.75, 3.05) is 13.1 Å². The predicted molar refractivity (Wildman–Crippen MR) is 123 cm³/mol. The lowest BCUT2D eigenvalue weighted by atomic mass is 10.1. The zero-order chi connectivity index (χ0) is 27.0. The lowest BCUT2D eigenvalue weighted by Crippen LogP contribution is -2.57. The van der Waals surface area contributed by atoms with Crippen molar-refractivity contribution < 1.29 is 39.0 Å². The van der Waals surface area contributed by atoms with Crippen molar-refractivity contribution in [3.8, 4) is 0 Å².